The number of ether oxygens (including phenoxy) is 1. The molecule has 2 amide bonds. The number of amides is 2. The van der Waals surface area contributed by atoms with Gasteiger partial charge in [0.2, 0.25) is 0 Å². The molecule has 0 aliphatic carbocycles. The monoisotopic (exact) mass is 478 g/mol. The van der Waals surface area contributed by atoms with Gasteiger partial charge in [0.05, 0.1) is 15.7 Å². The second kappa shape index (κ2) is 10.5. The van der Waals surface area contributed by atoms with Crippen molar-refractivity contribution in [2.75, 3.05) is 11.9 Å². The van der Waals surface area contributed by atoms with Crippen LogP contribution in [0.15, 0.2) is 36.7 Å². The molecule has 0 radical (unpaired) electrons. The third-order valence-corrected chi connectivity index (χ3v) is 4.95. The van der Waals surface area contributed by atoms with E-state index in [1.807, 2.05) is 20.8 Å². The molecule has 32 heavy (non-hydrogen) atoms. The molecular weight excluding hydrogens is 455 g/mol. The molecule has 0 aliphatic rings. The first kappa shape index (κ1) is 23.6. The van der Waals surface area contributed by atoms with E-state index >= 15 is 0 Å². The molecule has 9 nitrogen and oxygen atoms in total. The van der Waals surface area contributed by atoms with E-state index in [1.54, 1.807) is 35.3 Å². The van der Waals surface area contributed by atoms with Crippen molar-refractivity contribution in [1.82, 2.24) is 24.9 Å². The fraction of sp³-hybridized carbons (Fsp3) is 0.333. The Morgan fingerprint density at radius 2 is 1.81 bits per heavy atom. The lowest BCUT2D eigenvalue weighted by Gasteiger charge is -2.09. The minimum absolute atomic E-state index is 0.00730. The predicted molar refractivity (Wildman–Crippen MR) is 122 cm³/mol. The zero-order chi connectivity index (χ0) is 23.3. The van der Waals surface area contributed by atoms with E-state index in [9.17, 15) is 9.59 Å². The molecule has 3 rings (SSSR count). The maximum atomic E-state index is 12.7. The SMILES string of the molecule is CCn1cc(NC(=O)c2ccn(COc3c(Cl)cccc3Cl)n2)c(C(=O)NCC(C)C)n1. The molecule has 0 saturated carbocycles. The van der Waals surface area contributed by atoms with Crippen LogP contribution in [0.4, 0.5) is 5.69 Å². The summed E-state index contributed by atoms with van der Waals surface area (Å²) >= 11 is 12.2. The standard InChI is InChI=1S/C21H24Cl2N6O3/c1-4-28-11-17(18(27-28)21(31)24-10-13(2)3)25-20(30)16-8-9-29(26-16)12-32-19-14(22)6-5-7-15(19)23/h5-9,11,13H,4,10,12H2,1-3H3,(H,24,31)(H,25,30). The Labute approximate surface area is 195 Å². The Hall–Kier alpha value is -3.04. The summed E-state index contributed by atoms with van der Waals surface area (Å²) in [6, 6.07) is 6.58. The molecular formula is C21H24Cl2N6O3. The maximum Gasteiger partial charge on any atom is 0.276 e. The molecule has 0 atom stereocenters. The minimum Gasteiger partial charge on any atom is -0.468 e. The van der Waals surface area contributed by atoms with E-state index in [2.05, 4.69) is 20.8 Å². The fourth-order valence-corrected chi connectivity index (χ4v) is 3.22. The number of nitrogens with zero attached hydrogens (tertiary/aromatic N) is 4. The lowest BCUT2D eigenvalue weighted by Crippen LogP contribution is -2.28. The molecule has 2 N–H and O–H groups in total. The number of halogens is 2. The Bertz CT molecular complexity index is 1090. The first-order valence-electron chi connectivity index (χ1n) is 10.1. The average Bonchev–Trinajstić information content (AvgIpc) is 3.39. The van der Waals surface area contributed by atoms with E-state index in [1.165, 1.54) is 10.7 Å². The average molecular weight is 479 g/mol. The van der Waals surface area contributed by atoms with Crippen LogP contribution in [-0.4, -0.2) is 37.9 Å². The predicted octanol–water partition coefficient (Wildman–Crippen LogP) is 4.08. The van der Waals surface area contributed by atoms with Crippen LogP contribution in [0, 0.1) is 5.92 Å². The number of aryl methyl sites for hydroxylation is 1. The van der Waals surface area contributed by atoms with Gasteiger partial charge in [0.15, 0.2) is 23.9 Å². The van der Waals surface area contributed by atoms with Crippen molar-refractivity contribution in [3.8, 4) is 5.75 Å². The number of carbonyl (C=O) groups is 2. The van der Waals surface area contributed by atoms with Gasteiger partial charge in [-0.25, -0.2) is 4.68 Å². The summed E-state index contributed by atoms with van der Waals surface area (Å²) in [6.45, 7) is 6.94. The summed E-state index contributed by atoms with van der Waals surface area (Å²) in [7, 11) is 0. The van der Waals surface area contributed by atoms with Crippen molar-refractivity contribution in [1.29, 1.82) is 0 Å². The molecule has 0 saturated heterocycles. The number of hydrogen-bond donors (Lipinski definition) is 2. The molecule has 0 aliphatic heterocycles. The number of aromatic nitrogens is 4. The topological polar surface area (TPSA) is 103 Å². The second-order valence-corrected chi connectivity index (χ2v) is 8.18. The summed E-state index contributed by atoms with van der Waals surface area (Å²) < 4.78 is 8.63. The van der Waals surface area contributed by atoms with Gasteiger partial charge in [-0.3, -0.25) is 14.3 Å². The van der Waals surface area contributed by atoms with Gasteiger partial charge in [-0.15, -0.1) is 0 Å². The van der Waals surface area contributed by atoms with Crippen LogP contribution in [0.1, 0.15) is 41.7 Å². The largest absolute Gasteiger partial charge is 0.468 e. The van der Waals surface area contributed by atoms with Crippen LogP contribution in [0.3, 0.4) is 0 Å². The molecule has 1 aromatic carbocycles. The van der Waals surface area contributed by atoms with E-state index in [-0.39, 0.29) is 29.9 Å². The van der Waals surface area contributed by atoms with Crippen molar-refractivity contribution >= 4 is 40.7 Å². The van der Waals surface area contributed by atoms with Crippen LogP contribution >= 0.6 is 23.2 Å². The quantitative estimate of drug-likeness (QED) is 0.482. The number of anilines is 1. The first-order chi connectivity index (χ1) is 15.3. The van der Waals surface area contributed by atoms with E-state index in [0.717, 1.165) is 0 Å². The lowest BCUT2D eigenvalue weighted by molar-refractivity contribution is 0.0944. The van der Waals surface area contributed by atoms with Crippen LogP contribution in [0.2, 0.25) is 10.0 Å². The normalized spacial score (nSPS) is 10.9. The van der Waals surface area contributed by atoms with E-state index in [0.29, 0.717) is 34.6 Å². The van der Waals surface area contributed by atoms with Crippen molar-refractivity contribution in [3.05, 3.63) is 58.1 Å². The highest BCUT2D eigenvalue weighted by Crippen LogP contribution is 2.32. The van der Waals surface area contributed by atoms with Crippen LogP contribution in [-0.2, 0) is 13.3 Å². The highest BCUT2D eigenvalue weighted by molar-refractivity contribution is 6.37. The number of rotatable bonds is 9. The minimum atomic E-state index is -0.479. The molecule has 170 valence electrons. The van der Waals surface area contributed by atoms with Gasteiger partial charge in [0.25, 0.3) is 11.8 Å². The number of hydrogen-bond acceptors (Lipinski definition) is 5. The van der Waals surface area contributed by atoms with Gasteiger partial charge in [-0.2, -0.15) is 10.2 Å². The Morgan fingerprint density at radius 3 is 2.47 bits per heavy atom. The van der Waals surface area contributed by atoms with Gasteiger partial charge >= 0.3 is 0 Å². The fourth-order valence-electron chi connectivity index (χ4n) is 2.72. The highest BCUT2D eigenvalue weighted by atomic mass is 35.5. The zero-order valence-corrected chi connectivity index (χ0v) is 19.4. The molecule has 11 heteroatoms. The Kier molecular flexibility index (Phi) is 7.76. The molecule has 0 bridgehead atoms. The van der Waals surface area contributed by atoms with Crippen molar-refractivity contribution in [2.24, 2.45) is 5.92 Å². The highest BCUT2D eigenvalue weighted by Gasteiger charge is 2.20. The summed E-state index contributed by atoms with van der Waals surface area (Å²) in [4.78, 5) is 25.2. The van der Waals surface area contributed by atoms with E-state index < -0.39 is 5.91 Å². The van der Waals surface area contributed by atoms with Crippen molar-refractivity contribution in [2.45, 2.75) is 34.0 Å². The maximum absolute atomic E-state index is 12.7. The summed E-state index contributed by atoms with van der Waals surface area (Å²) in [5.74, 6) is -0.205. The van der Waals surface area contributed by atoms with E-state index in [4.69, 9.17) is 27.9 Å². The van der Waals surface area contributed by atoms with Gasteiger partial charge in [-0.05, 0) is 31.0 Å². The summed E-state index contributed by atoms with van der Waals surface area (Å²) in [5.41, 5.74) is 0.611. The van der Waals surface area contributed by atoms with Gasteiger partial charge < -0.3 is 15.4 Å². The zero-order valence-electron chi connectivity index (χ0n) is 17.9. The number of nitrogens with one attached hydrogen (secondary N) is 2. The van der Waals surface area contributed by atoms with Crippen molar-refractivity contribution in [3.63, 3.8) is 0 Å². The molecule has 2 aromatic heterocycles. The molecule has 0 unspecified atom stereocenters. The van der Waals surface area contributed by atoms with Crippen LogP contribution in [0.5, 0.6) is 5.75 Å². The van der Waals surface area contributed by atoms with Crippen molar-refractivity contribution < 1.29 is 14.3 Å². The third kappa shape index (κ3) is 5.80. The van der Waals surface area contributed by atoms with Gasteiger partial charge in [0, 0.05) is 25.5 Å². The Morgan fingerprint density at radius 1 is 1.09 bits per heavy atom. The van der Waals surface area contributed by atoms with Gasteiger partial charge in [0.1, 0.15) is 0 Å². The lowest BCUT2D eigenvalue weighted by atomic mass is 10.2. The molecule has 0 fully saturated rings. The third-order valence-electron chi connectivity index (χ3n) is 4.35. The summed E-state index contributed by atoms with van der Waals surface area (Å²) in [5, 5.41) is 14.7. The Balaban J connectivity index is 1.68. The first-order valence-corrected chi connectivity index (χ1v) is 10.8. The molecule has 0 spiro atoms. The van der Waals surface area contributed by atoms with Crippen LogP contribution < -0.4 is 15.4 Å². The molecule has 3 aromatic rings. The number of para-hydroxylation sites is 1. The number of benzene rings is 1. The smallest absolute Gasteiger partial charge is 0.276 e. The van der Waals surface area contributed by atoms with Crippen LogP contribution in [0.25, 0.3) is 0 Å². The second-order valence-electron chi connectivity index (χ2n) is 7.37. The van der Waals surface area contributed by atoms with Gasteiger partial charge in [-0.1, -0.05) is 43.1 Å². The summed E-state index contributed by atoms with van der Waals surface area (Å²) in [6.07, 6.45) is 3.20. The molecule has 2 heterocycles. The number of carbonyl (C=O) groups excluding carboxylic acids is 2.